The Hall–Kier alpha value is -2.80. The number of aliphatic hydroxyl groups is 1. The van der Waals surface area contributed by atoms with Gasteiger partial charge in [0.1, 0.15) is 29.1 Å². The summed E-state index contributed by atoms with van der Waals surface area (Å²) in [7, 11) is 0. The first-order valence-electron chi connectivity index (χ1n) is 6.22. The van der Waals surface area contributed by atoms with Gasteiger partial charge in [-0.25, -0.2) is 0 Å². The van der Waals surface area contributed by atoms with Crippen LogP contribution >= 0.6 is 11.6 Å². The van der Waals surface area contributed by atoms with Gasteiger partial charge in [-0.1, -0.05) is 23.7 Å². The third-order valence-electron chi connectivity index (χ3n) is 2.60. The van der Waals surface area contributed by atoms with Crippen molar-refractivity contribution < 1.29 is 5.11 Å². The zero-order valence-corrected chi connectivity index (χ0v) is 12.5. The number of rotatable bonds is 1. The highest BCUT2D eigenvalue weighted by Gasteiger charge is 2.17. The number of halogens is 1. The van der Waals surface area contributed by atoms with E-state index in [1.54, 1.807) is 37.3 Å². The molecule has 1 heterocycles. The second-order valence-electron chi connectivity index (χ2n) is 4.04. The van der Waals surface area contributed by atoms with Crippen molar-refractivity contribution in [2.75, 3.05) is 12.3 Å². The Bertz CT molecular complexity index is 799. The number of H-pyrrole nitrogens is 1. The van der Waals surface area contributed by atoms with Crippen LogP contribution in [0.25, 0.3) is 11.1 Å². The van der Waals surface area contributed by atoms with E-state index in [1.165, 1.54) is 0 Å². The standard InChI is InChI=1S/C13H7ClN4O.C2H6O/c14-8-3-1-7(2-4-8)11-9(5-15)12(17)18-13(19)10(11)6-16;1-2-3/h1-4H,(H3,17,18,19);3H,2H2,1H3. The molecule has 0 saturated heterocycles. The van der Waals surface area contributed by atoms with Gasteiger partial charge >= 0.3 is 0 Å². The summed E-state index contributed by atoms with van der Waals surface area (Å²) < 4.78 is 0. The third-order valence-corrected chi connectivity index (χ3v) is 2.85. The fourth-order valence-electron chi connectivity index (χ4n) is 1.75. The normalized spacial score (nSPS) is 9.14. The van der Waals surface area contributed by atoms with E-state index in [0.29, 0.717) is 10.6 Å². The molecule has 0 saturated carbocycles. The lowest BCUT2D eigenvalue weighted by Crippen LogP contribution is -2.16. The summed E-state index contributed by atoms with van der Waals surface area (Å²) in [4.78, 5) is 14.0. The molecular weight excluding hydrogens is 304 g/mol. The highest BCUT2D eigenvalue weighted by atomic mass is 35.5. The van der Waals surface area contributed by atoms with Gasteiger partial charge < -0.3 is 15.8 Å². The van der Waals surface area contributed by atoms with Crippen LogP contribution in [0.15, 0.2) is 29.1 Å². The largest absolute Gasteiger partial charge is 0.397 e. The van der Waals surface area contributed by atoms with Crippen molar-refractivity contribution in [3.8, 4) is 23.3 Å². The van der Waals surface area contributed by atoms with Crippen molar-refractivity contribution >= 4 is 17.4 Å². The quantitative estimate of drug-likeness (QED) is 0.741. The van der Waals surface area contributed by atoms with Crippen LogP contribution in [0, 0.1) is 22.7 Å². The number of aliphatic hydroxyl groups excluding tert-OH is 1. The molecule has 0 atom stereocenters. The molecule has 1 aromatic heterocycles. The predicted molar refractivity (Wildman–Crippen MR) is 84.1 cm³/mol. The molecule has 0 aliphatic rings. The van der Waals surface area contributed by atoms with E-state index in [9.17, 15) is 4.79 Å². The lowest BCUT2D eigenvalue weighted by Gasteiger charge is -2.08. The average molecular weight is 317 g/mol. The zero-order valence-electron chi connectivity index (χ0n) is 11.7. The van der Waals surface area contributed by atoms with Crippen molar-refractivity contribution in [1.29, 1.82) is 10.5 Å². The average Bonchev–Trinajstić information content (AvgIpc) is 2.48. The van der Waals surface area contributed by atoms with Crippen LogP contribution < -0.4 is 11.3 Å². The van der Waals surface area contributed by atoms with Crippen LogP contribution in [0.1, 0.15) is 18.1 Å². The summed E-state index contributed by atoms with van der Waals surface area (Å²) >= 11 is 5.79. The second-order valence-corrected chi connectivity index (χ2v) is 4.48. The fourth-order valence-corrected chi connectivity index (χ4v) is 1.87. The van der Waals surface area contributed by atoms with Gasteiger partial charge in [0.05, 0.1) is 0 Å². The molecule has 0 fully saturated rings. The van der Waals surface area contributed by atoms with E-state index in [1.807, 2.05) is 6.07 Å². The zero-order chi connectivity index (χ0) is 16.7. The minimum absolute atomic E-state index is 0.0588. The minimum atomic E-state index is -0.621. The van der Waals surface area contributed by atoms with Crippen molar-refractivity contribution in [2.24, 2.45) is 0 Å². The first kappa shape index (κ1) is 17.3. The number of nitrogens with two attached hydrogens (primary N) is 1. The molecule has 0 aliphatic carbocycles. The summed E-state index contributed by atoms with van der Waals surface area (Å²) in [5.74, 6) is -0.0588. The summed E-state index contributed by atoms with van der Waals surface area (Å²) in [6, 6.07) is 10.2. The van der Waals surface area contributed by atoms with Gasteiger partial charge in [-0.15, -0.1) is 0 Å². The number of pyridine rings is 1. The Balaban J connectivity index is 0.000000745. The third kappa shape index (κ3) is 3.64. The number of aromatic nitrogens is 1. The Kier molecular flexibility index (Phi) is 6.15. The predicted octanol–water partition coefficient (Wildman–Crippen LogP) is 2.02. The number of benzene rings is 1. The van der Waals surface area contributed by atoms with E-state index < -0.39 is 5.56 Å². The summed E-state index contributed by atoms with van der Waals surface area (Å²) in [6.07, 6.45) is 0. The van der Waals surface area contributed by atoms with Crippen LogP contribution in [0.5, 0.6) is 0 Å². The van der Waals surface area contributed by atoms with Crippen LogP contribution in [-0.4, -0.2) is 16.7 Å². The molecule has 112 valence electrons. The molecule has 4 N–H and O–H groups in total. The lowest BCUT2D eigenvalue weighted by atomic mass is 9.97. The molecule has 0 bridgehead atoms. The molecule has 2 aromatic rings. The van der Waals surface area contributed by atoms with Crippen molar-refractivity contribution in [3.63, 3.8) is 0 Å². The smallest absolute Gasteiger partial charge is 0.268 e. The molecular formula is C15H13ClN4O2. The number of hydrogen-bond acceptors (Lipinski definition) is 5. The van der Waals surface area contributed by atoms with E-state index in [4.69, 9.17) is 33.0 Å². The van der Waals surface area contributed by atoms with Gasteiger partial charge in [0, 0.05) is 17.2 Å². The monoisotopic (exact) mass is 316 g/mol. The van der Waals surface area contributed by atoms with E-state index in [-0.39, 0.29) is 29.1 Å². The highest BCUT2D eigenvalue weighted by molar-refractivity contribution is 6.30. The van der Waals surface area contributed by atoms with Crippen LogP contribution in [0.4, 0.5) is 5.82 Å². The van der Waals surface area contributed by atoms with Crippen LogP contribution in [0.3, 0.4) is 0 Å². The number of nitrogen functional groups attached to an aromatic ring is 1. The van der Waals surface area contributed by atoms with Gasteiger partial charge in [-0.3, -0.25) is 4.79 Å². The number of aromatic amines is 1. The number of nitrogens with one attached hydrogen (secondary N) is 1. The molecule has 0 unspecified atom stereocenters. The topological polar surface area (TPSA) is 127 Å². The van der Waals surface area contributed by atoms with Gasteiger partial charge in [-0.2, -0.15) is 10.5 Å². The van der Waals surface area contributed by atoms with E-state index in [2.05, 4.69) is 4.98 Å². The van der Waals surface area contributed by atoms with Crippen LogP contribution in [-0.2, 0) is 0 Å². The first-order valence-corrected chi connectivity index (χ1v) is 6.60. The van der Waals surface area contributed by atoms with Crippen LogP contribution in [0.2, 0.25) is 5.02 Å². The summed E-state index contributed by atoms with van der Waals surface area (Å²) in [5, 5.41) is 26.3. The summed E-state index contributed by atoms with van der Waals surface area (Å²) in [6.45, 7) is 1.93. The fraction of sp³-hybridized carbons (Fsp3) is 0.133. The maximum absolute atomic E-state index is 11.7. The maximum atomic E-state index is 11.7. The van der Waals surface area contributed by atoms with Crippen molar-refractivity contribution in [1.82, 2.24) is 4.98 Å². The van der Waals surface area contributed by atoms with Gasteiger partial charge in [-0.05, 0) is 24.6 Å². The van der Waals surface area contributed by atoms with Crippen molar-refractivity contribution in [2.45, 2.75) is 6.92 Å². The molecule has 1 aromatic carbocycles. The maximum Gasteiger partial charge on any atom is 0.268 e. The molecule has 0 radical (unpaired) electrons. The highest BCUT2D eigenvalue weighted by Crippen LogP contribution is 2.28. The summed E-state index contributed by atoms with van der Waals surface area (Å²) in [5.41, 5.74) is 5.67. The van der Waals surface area contributed by atoms with Gasteiger partial charge in [0.25, 0.3) is 5.56 Å². The lowest BCUT2D eigenvalue weighted by molar-refractivity contribution is 0.318. The number of hydrogen-bond donors (Lipinski definition) is 3. The second kappa shape index (κ2) is 7.84. The number of nitriles is 2. The Morgan fingerprint density at radius 3 is 2.18 bits per heavy atom. The number of nitrogens with zero attached hydrogens (tertiary/aromatic N) is 2. The Labute approximate surface area is 132 Å². The number of anilines is 1. The molecule has 2 rings (SSSR count). The Morgan fingerprint density at radius 1 is 1.23 bits per heavy atom. The Morgan fingerprint density at radius 2 is 1.73 bits per heavy atom. The molecule has 0 aliphatic heterocycles. The molecule has 0 amide bonds. The molecule has 7 heteroatoms. The SMILES string of the molecule is CCO.N#Cc1c(N)[nH]c(=O)c(C#N)c1-c1ccc(Cl)cc1. The van der Waals surface area contributed by atoms with Crippen molar-refractivity contribution in [3.05, 3.63) is 50.8 Å². The molecule has 6 nitrogen and oxygen atoms in total. The van der Waals surface area contributed by atoms with Gasteiger partial charge in [0.15, 0.2) is 0 Å². The van der Waals surface area contributed by atoms with E-state index >= 15 is 0 Å². The first-order chi connectivity index (χ1) is 10.5. The minimum Gasteiger partial charge on any atom is -0.397 e. The van der Waals surface area contributed by atoms with E-state index in [0.717, 1.165) is 0 Å². The molecule has 0 spiro atoms. The van der Waals surface area contributed by atoms with Gasteiger partial charge in [0.2, 0.25) is 0 Å². The molecule has 22 heavy (non-hydrogen) atoms.